The molecule has 4 atom stereocenters. The van der Waals surface area contributed by atoms with Crippen LogP contribution in [0.2, 0.25) is 0 Å². The molecule has 0 aromatic heterocycles. The van der Waals surface area contributed by atoms with Gasteiger partial charge in [-0.05, 0) is 0 Å². The highest BCUT2D eigenvalue weighted by Crippen LogP contribution is 2.31. The predicted octanol–water partition coefficient (Wildman–Crippen LogP) is 2.50. The molecule has 0 aromatic carbocycles. The van der Waals surface area contributed by atoms with Gasteiger partial charge >= 0.3 is 0 Å². The van der Waals surface area contributed by atoms with Crippen LogP contribution in [-0.2, 0) is 9.47 Å². The molecule has 2 heteroatoms. The minimum absolute atomic E-state index is 0.142. The minimum Gasteiger partial charge on any atom is -0.377 e. The van der Waals surface area contributed by atoms with Crippen LogP contribution in [0, 0.1) is 11.8 Å². The van der Waals surface area contributed by atoms with Crippen molar-refractivity contribution < 1.29 is 9.47 Å². The Balaban J connectivity index is 2.16. The molecular formula is C14H18O2. The molecule has 0 bridgehead atoms. The van der Waals surface area contributed by atoms with Crippen molar-refractivity contribution >= 4 is 0 Å². The van der Waals surface area contributed by atoms with Crippen LogP contribution in [0.3, 0.4) is 0 Å². The quantitative estimate of drug-likeness (QED) is 0.724. The van der Waals surface area contributed by atoms with E-state index in [1.807, 2.05) is 12.2 Å². The van der Waals surface area contributed by atoms with E-state index >= 15 is 0 Å². The average Bonchev–Trinajstić information content (AvgIpc) is 2.38. The highest BCUT2D eigenvalue weighted by atomic mass is 16.5. The molecule has 0 aromatic rings. The molecule has 0 N–H and O–H groups in total. The van der Waals surface area contributed by atoms with Gasteiger partial charge in [0.05, 0.1) is 12.2 Å². The summed E-state index contributed by atoms with van der Waals surface area (Å²) in [6.45, 7) is 0. The lowest BCUT2D eigenvalue weighted by Crippen LogP contribution is -2.35. The normalized spacial score (nSPS) is 36.9. The first-order chi connectivity index (χ1) is 7.86. The molecule has 2 rings (SSSR count). The fraction of sp³-hybridized carbons (Fsp3) is 0.429. The topological polar surface area (TPSA) is 18.5 Å². The van der Waals surface area contributed by atoms with E-state index in [2.05, 4.69) is 36.5 Å². The highest BCUT2D eigenvalue weighted by molar-refractivity contribution is 5.24. The monoisotopic (exact) mass is 218 g/mol. The molecule has 0 saturated heterocycles. The molecule has 0 fully saturated rings. The molecule has 2 aliphatic carbocycles. The van der Waals surface area contributed by atoms with Crippen LogP contribution in [0.15, 0.2) is 48.6 Å². The number of methoxy groups -OCH3 is 2. The van der Waals surface area contributed by atoms with E-state index in [0.29, 0.717) is 11.8 Å². The van der Waals surface area contributed by atoms with Crippen molar-refractivity contribution in [3.63, 3.8) is 0 Å². The standard InChI is InChI=1S/C14H18O2/c1-15-13-9-5-3-7-11(13)12-8-4-6-10-14(12)16-2/h3-14H,1-2H3/t11-,12?,13?,14?/m0/s1. The molecule has 3 unspecified atom stereocenters. The van der Waals surface area contributed by atoms with E-state index in [0.717, 1.165) is 0 Å². The van der Waals surface area contributed by atoms with Crippen molar-refractivity contribution in [3.8, 4) is 0 Å². The van der Waals surface area contributed by atoms with Gasteiger partial charge in [-0.2, -0.15) is 0 Å². The molecule has 86 valence electrons. The van der Waals surface area contributed by atoms with Gasteiger partial charge in [-0.3, -0.25) is 0 Å². The maximum absolute atomic E-state index is 5.50. The summed E-state index contributed by atoms with van der Waals surface area (Å²) in [5.41, 5.74) is 0. The number of rotatable bonds is 3. The summed E-state index contributed by atoms with van der Waals surface area (Å²) >= 11 is 0. The van der Waals surface area contributed by atoms with E-state index in [9.17, 15) is 0 Å². The van der Waals surface area contributed by atoms with E-state index in [1.165, 1.54) is 0 Å². The first kappa shape index (κ1) is 11.4. The fourth-order valence-corrected chi connectivity index (χ4v) is 2.37. The number of hydrogen-bond acceptors (Lipinski definition) is 2. The first-order valence-electron chi connectivity index (χ1n) is 5.62. The predicted molar refractivity (Wildman–Crippen MR) is 65.1 cm³/mol. The molecule has 0 amide bonds. The van der Waals surface area contributed by atoms with Crippen LogP contribution in [-0.4, -0.2) is 26.4 Å². The zero-order chi connectivity index (χ0) is 11.4. The molecular weight excluding hydrogens is 200 g/mol. The third-order valence-electron chi connectivity index (χ3n) is 3.24. The van der Waals surface area contributed by atoms with E-state index in [4.69, 9.17) is 9.47 Å². The van der Waals surface area contributed by atoms with Crippen LogP contribution >= 0.6 is 0 Å². The van der Waals surface area contributed by atoms with Gasteiger partial charge in [-0.15, -0.1) is 0 Å². The lowest BCUT2D eigenvalue weighted by Gasteiger charge is -2.33. The van der Waals surface area contributed by atoms with Gasteiger partial charge in [-0.25, -0.2) is 0 Å². The summed E-state index contributed by atoms with van der Waals surface area (Å²) in [6, 6.07) is 0. The van der Waals surface area contributed by atoms with Crippen molar-refractivity contribution in [1.29, 1.82) is 0 Å². The number of ether oxygens (including phenoxy) is 2. The third-order valence-corrected chi connectivity index (χ3v) is 3.24. The maximum Gasteiger partial charge on any atom is 0.0824 e. The number of allylic oxidation sites excluding steroid dienone is 4. The van der Waals surface area contributed by atoms with Crippen molar-refractivity contribution in [2.45, 2.75) is 12.2 Å². The van der Waals surface area contributed by atoms with E-state index < -0.39 is 0 Å². The minimum atomic E-state index is 0.142. The zero-order valence-corrected chi connectivity index (χ0v) is 9.74. The molecule has 16 heavy (non-hydrogen) atoms. The van der Waals surface area contributed by atoms with Crippen LogP contribution in [0.4, 0.5) is 0 Å². The summed E-state index contributed by atoms with van der Waals surface area (Å²) in [6.07, 6.45) is 17.1. The lowest BCUT2D eigenvalue weighted by atomic mass is 9.79. The Bertz CT molecular complexity index is 305. The molecule has 0 radical (unpaired) electrons. The fourth-order valence-electron chi connectivity index (χ4n) is 2.37. The summed E-state index contributed by atoms with van der Waals surface area (Å²) in [5.74, 6) is 0.697. The van der Waals surface area contributed by atoms with Crippen molar-refractivity contribution in [2.24, 2.45) is 11.8 Å². The second-order valence-electron chi connectivity index (χ2n) is 4.09. The maximum atomic E-state index is 5.50. The smallest absolute Gasteiger partial charge is 0.0824 e. The Morgan fingerprint density at radius 2 is 1.00 bits per heavy atom. The SMILES string of the molecule is COC1C=CC=CC1[C@@H]1C=CC=CC1OC. The summed E-state index contributed by atoms with van der Waals surface area (Å²) < 4.78 is 11.0. The first-order valence-corrected chi connectivity index (χ1v) is 5.62. The number of hydrogen-bond donors (Lipinski definition) is 0. The van der Waals surface area contributed by atoms with Gasteiger partial charge in [0, 0.05) is 26.1 Å². The van der Waals surface area contributed by atoms with Crippen LogP contribution in [0.5, 0.6) is 0 Å². The largest absolute Gasteiger partial charge is 0.377 e. The van der Waals surface area contributed by atoms with Gasteiger partial charge in [-0.1, -0.05) is 48.6 Å². The summed E-state index contributed by atoms with van der Waals surface area (Å²) in [4.78, 5) is 0. The van der Waals surface area contributed by atoms with Gasteiger partial charge in [0.25, 0.3) is 0 Å². The summed E-state index contributed by atoms with van der Waals surface area (Å²) in [7, 11) is 3.51. The Morgan fingerprint density at radius 1 is 0.625 bits per heavy atom. The Morgan fingerprint density at radius 3 is 1.38 bits per heavy atom. The van der Waals surface area contributed by atoms with Gasteiger partial charge in [0.1, 0.15) is 0 Å². The van der Waals surface area contributed by atoms with E-state index in [1.54, 1.807) is 14.2 Å². The van der Waals surface area contributed by atoms with Crippen LogP contribution < -0.4 is 0 Å². The Hall–Kier alpha value is -1.12. The van der Waals surface area contributed by atoms with Crippen molar-refractivity contribution in [1.82, 2.24) is 0 Å². The lowest BCUT2D eigenvalue weighted by molar-refractivity contribution is 0.0380. The third kappa shape index (κ3) is 2.18. The molecule has 0 aliphatic heterocycles. The van der Waals surface area contributed by atoms with Gasteiger partial charge < -0.3 is 9.47 Å². The second-order valence-corrected chi connectivity index (χ2v) is 4.09. The molecule has 0 heterocycles. The zero-order valence-electron chi connectivity index (χ0n) is 9.74. The van der Waals surface area contributed by atoms with Crippen LogP contribution in [0.25, 0.3) is 0 Å². The van der Waals surface area contributed by atoms with Crippen LogP contribution in [0.1, 0.15) is 0 Å². The molecule has 0 saturated carbocycles. The molecule has 0 spiro atoms. The summed E-state index contributed by atoms with van der Waals surface area (Å²) in [5, 5.41) is 0. The van der Waals surface area contributed by atoms with E-state index in [-0.39, 0.29) is 12.2 Å². The second kappa shape index (κ2) is 5.28. The molecule has 2 nitrogen and oxygen atoms in total. The highest BCUT2D eigenvalue weighted by Gasteiger charge is 2.31. The van der Waals surface area contributed by atoms with Crippen molar-refractivity contribution in [3.05, 3.63) is 48.6 Å². The van der Waals surface area contributed by atoms with Gasteiger partial charge in [0.2, 0.25) is 0 Å². The van der Waals surface area contributed by atoms with Gasteiger partial charge in [0.15, 0.2) is 0 Å². The molecule has 2 aliphatic rings. The Labute approximate surface area is 96.9 Å². The average molecular weight is 218 g/mol. The van der Waals surface area contributed by atoms with Crippen molar-refractivity contribution in [2.75, 3.05) is 14.2 Å². The Kier molecular flexibility index (Phi) is 3.75.